The maximum absolute atomic E-state index is 13.3. The number of hydrogen-bond donors (Lipinski definition) is 0. The lowest BCUT2D eigenvalue weighted by molar-refractivity contribution is -0.384. The molecule has 2 aromatic carbocycles. The van der Waals surface area contributed by atoms with E-state index in [0.717, 1.165) is 5.56 Å². The van der Waals surface area contributed by atoms with Crippen LogP contribution >= 0.6 is 0 Å². The number of hydrogen-bond acceptors (Lipinski definition) is 9. The normalized spacial score (nSPS) is 17.0. The van der Waals surface area contributed by atoms with E-state index in [1.54, 1.807) is 33.8 Å². The summed E-state index contributed by atoms with van der Waals surface area (Å²) in [5, 5.41) is 11.4. The Bertz CT molecular complexity index is 1270. The van der Waals surface area contributed by atoms with Gasteiger partial charge in [0.2, 0.25) is 0 Å². The van der Waals surface area contributed by atoms with Gasteiger partial charge in [0.25, 0.3) is 5.69 Å². The van der Waals surface area contributed by atoms with Crippen molar-refractivity contribution in [2.45, 2.75) is 52.7 Å². The third-order valence-electron chi connectivity index (χ3n) is 5.88. The molecule has 2 unspecified atom stereocenters. The van der Waals surface area contributed by atoms with Gasteiger partial charge in [-0.25, -0.2) is 4.79 Å². The molecule has 0 fully saturated rings. The highest BCUT2D eigenvalue weighted by atomic mass is 16.6. The number of carbonyl (C=O) groups excluding carboxylic acids is 3. The van der Waals surface area contributed by atoms with Gasteiger partial charge < -0.3 is 14.2 Å². The van der Waals surface area contributed by atoms with Gasteiger partial charge in [-0.1, -0.05) is 42.5 Å². The second-order valence-electron chi connectivity index (χ2n) is 9.08. The van der Waals surface area contributed by atoms with E-state index in [0.29, 0.717) is 17.0 Å². The molecule has 10 heteroatoms. The first-order valence-corrected chi connectivity index (χ1v) is 12.2. The van der Waals surface area contributed by atoms with Crippen LogP contribution in [0.4, 0.5) is 5.69 Å². The minimum absolute atomic E-state index is 0.0689. The number of nitro benzene ring substituents is 1. The second-order valence-corrected chi connectivity index (χ2v) is 9.08. The molecule has 0 aromatic heterocycles. The van der Waals surface area contributed by atoms with Crippen LogP contribution in [0.1, 0.15) is 51.2 Å². The molecule has 38 heavy (non-hydrogen) atoms. The SMILES string of the molecule is CC1=NC(C)=C(C(=O)OCCC(=O)OCc2ccccc2)C(c2cccc([N+](=O)[O-])c2)C1C(=O)OC(C)C. The standard InChI is InChI=1S/C28H30N2O8/c1-17(2)38-28(33)25-19(4)29-18(3)24(26(25)21-11-8-12-22(15-21)30(34)35)27(32)36-14-13-23(31)37-16-20-9-6-5-7-10-20/h5-12,15,17,25-26H,13-14,16H2,1-4H3. The lowest BCUT2D eigenvalue weighted by Crippen LogP contribution is -2.37. The molecular formula is C28H30N2O8. The highest BCUT2D eigenvalue weighted by Crippen LogP contribution is 2.41. The predicted octanol–water partition coefficient (Wildman–Crippen LogP) is 4.67. The van der Waals surface area contributed by atoms with E-state index in [9.17, 15) is 24.5 Å². The highest BCUT2D eigenvalue weighted by molar-refractivity contribution is 6.07. The van der Waals surface area contributed by atoms with E-state index in [4.69, 9.17) is 14.2 Å². The van der Waals surface area contributed by atoms with E-state index in [-0.39, 0.29) is 30.9 Å². The molecule has 200 valence electrons. The number of allylic oxidation sites excluding steroid dienone is 1. The molecule has 1 heterocycles. The molecule has 2 aromatic rings. The van der Waals surface area contributed by atoms with E-state index < -0.39 is 40.8 Å². The number of non-ortho nitro benzene ring substituents is 1. The van der Waals surface area contributed by atoms with E-state index in [1.165, 1.54) is 18.2 Å². The van der Waals surface area contributed by atoms with Crippen LogP contribution in [0.2, 0.25) is 0 Å². The molecule has 1 aliphatic rings. The summed E-state index contributed by atoms with van der Waals surface area (Å²) in [5.41, 5.74) is 1.79. The van der Waals surface area contributed by atoms with Gasteiger partial charge in [0.05, 0.1) is 23.0 Å². The van der Waals surface area contributed by atoms with Crippen LogP contribution in [0.5, 0.6) is 0 Å². The third-order valence-corrected chi connectivity index (χ3v) is 5.88. The zero-order valence-corrected chi connectivity index (χ0v) is 21.7. The number of nitro groups is 1. The van der Waals surface area contributed by atoms with Crippen molar-refractivity contribution in [3.8, 4) is 0 Å². The molecule has 0 aliphatic carbocycles. The van der Waals surface area contributed by atoms with Crippen LogP contribution in [0.15, 0.2) is 70.9 Å². The highest BCUT2D eigenvalue weighted by Gasteiger charge is 2.43. The van der Waals surface area contributed by atoms with Crippen molar-refractivity contribution in [3.63, 3.8) is 0 Å². The summed E-state index contributed by atoms with van der Waals surface area (Å²) >= 11 is 0. The molecule has 0 N–H and O–H groups in total. The van der Waals surface area contributed by atoms with Crippen LogP contribution < -0.4 is 0 Å². The predicted molar refractivity (Wildman–Crippen MR) is 138 cm³/mol. The van der Waals surface area contributed by atoms with Gasteiger partial charge in [-0.15, -0.1) is 0 Å². The molecule has 3 rings (SSSR count). The van der Waals surface area contributed by atoms with Gasteiger partial charge in [0.15, 0.2) is 0 Å². The van der Waals surface area contributed by atoms with Crippen molar-refractivity contribution in [2.75, 3.05) is 6.61 Å². The topological polar surface area (TPSA) is 134 Å². The molecule has 0 radical (unpaired) electrons. The van der Waals surface area contributed by atoms with Gasteiger partial charge in [0, 0.05) is 29.5 Å². The zero-order valence-electron chi connectivity index (χ0n) is 21.7. The lowest BCUT2D eigenvalue weighted by Gasteiger charge is -2.32. The number of nitrogens with zero attached hydrogens (tertiary/aromatic N) is 2. The van der Waals surface area contributed by atoms with Gasteiger partial charge in [0.1, 0.15) is 19.1 Å². The fraction of sp³-hybridized carbons (Fsp3) is 0.357. The van der Waals surface area contributed by atoms with Crippen molar-refractivity contribution in [1.29, 1.82) is 0 Å². The summed E-state index contributed by atoms with van der Waals surface area (Å²) in [7, 11) is 0. The summed E-state index contributed by atoms with van der Waals surface area (Å²) in [4.78, 5) is 53.8. The van der Waals surface area contributed by atoms with E-state index in [2.05, 4.69) is 4.99 Å². The Morgan fingerprint density at radius 3 is 2.39 bits per heavy atom. The summed E-state index contributed by atoms with van der Waals surface area (Å²) in [6, 6.07) is 14.9. The average Bonchev–Trinajstić information content (AvgIpc) is 2.87. The Balaban J connectivity index is 1.82. The molecule has 1 aliphatic heterocycles. The first-order chi connectivity index (χ1) is 18.1. The minimum Gasteiger partial charge on any atom is -0.462 e. The molecule has 0 saturated heterocycles. The van der Waals surface area contributed by atoms with Crippen molar-refractivity contribution >= 4 is 29.3 Å². The Morgan fingerprint density at radius 2 is 1.74 bits per heavy atom. The summed E-state index contributed by atoms with van der Waals surface area (Å²) in [6.45, 7) is 6.48. The molecule has 0 bridgehead atoms. The molecule has 0 spiro atoms. The number of benzene rings is 2. The van der Waals surface area contributed by atoms with Gasteiger partial charge >= 0.3 is 17.9 Å². The van der Waals surface area contributed by atoms with Crippen molar-refractivity contribution < 1.29 is 33.5 Å². The Hall–Kier alpha value is -4.34. The summed E-state index contributed by atoms with van der Waals surface area (Å²) in [6.07, 6.45) is -0.599. The molecular weight excluding hydrogens is 492 g/mol. The Labute approximate surface area is 220 Å². The fourth-order valence-corrected chi connectivity index (χ4v) is 4.22. The Kier molecular flexibility index (Phi) is 9.48. The quantitative estimate of drug-likeness (QED) is 0.190. The maximum atomic E-state index is 13.3. The number of carbonyl (C=O) groups is 3. The summed E-state index contributed by atoms with van der Waals surface area (Å²) < 4.78 is 16.0. The monoisotopic (exact) mass is 522 g/mol. The van der Waals surface area contributed by atoms with Crippen LogP contribution in [-0.2, 0) is 35.2 Å². The molecule has 0 saturated carbocycles. The zero-order chi connectivity index (χ0) is 27.8. The largest absolute Gasteiger partial charge is 0.462 e. The minimum atomic E-state index is -0.999. The van der Waals surface area contributed by atoms with Gasteiger partial charge in [-0.3, -0.25) is 24.7 Å². The van der Waals surface area contributed by atoms with E-state index >= 15 is 0 Å². The summed E-state index contributed by atoms with van der Waals surface area (Å²) in [5.74, 6) is -3.87. The van der Waals surface area contributed by atoms with Crippen LogP contribution in [0.3, 0.4) is 0 Å². The number of esters is 3. The second kappa shape index (κ2) is 12.8. The Morgan fingerprint density at radius 1 is 1.03 bits per heavy atom. The number of aliphatic imine (C=N–C) groups is 1. The molecule has 2 atom stereocenters. The average molecular weight is 523 g/mol. The third kappa shape index (κ3) is 7.12. The van der Waals surface area contributed by atoms with Crippen molar-refractivity contribution in [3.05, 3.63) is 87.1 Å². The number of rotatable bonds is 10. The first kappa shape index (κ1) is 28.2. The number of ether oxygens (including phenoxy) is 3. The van der Waals surface area contributed by atoms with Crippen LogP contribution in [-0.4, -0.2) is 41.3 Å². The van der Waals surface area contributed by atoms with Crippen LogP contribution in [0, 0.1) is 16.0 Å². The maximum Gasteiger partial charge on any atom is 0.336 e. The lowest BCUT2D eigenvalue weighted by atomic mass is 9.75. The van der Waals surface area contributed by atoms with Crippen molar-refractivity contribution in [1.82, 2.24) is 0 Å². The first-order valence-electron chi connectivity index (χ1n) is 12.2. The fourth-order valence-electron chi connectivity index (χ4n) is 4.22. The van der Waals surface area contributed by atoms with Crippen molar-refractivity contribution in [2.24, 2.45) is 10.9 Å². The van der Waals surface area contributed by atoms with E-state index in [1.807, 2.05) is 30.3 Å². The van der Waals surface area contributed by atoms with Crippen LogP contribution in [0.25, 0.3) is 0 Å². The van der Waals surface area contributed by atoms with Gasteiger partial charge in [-0.2, -0.15) is 0 Å². The molecule has 10 nitrogen and oxygen atoms in total. The van der Waals surface area contributed by atoms with Gasteiger partial charge in [-0.05, 0) is 38.8 Å². The molecule has 0 amide bonds. The smallest absolute Gasteiger partial charge is 0.336 e.